The highest BCUT2D eigenvalue weighted by Crippen LogP contribution is 2.29. The Morgan fingerprint density at radius 2 is 1.90 bits per heavy atom. The monoisotopic (exact) mass is 480 g/mol. The van der Waals surface area contributed by atoms with Crippen molar-refractivity contribution in [1.29, 1.82) is 0 Å². The number of hydrogen-bond acceptors (Lipinski definition) is 5. The number of benzene rings is 1. The van der Waals surface area contributed by atoms with Gasteiger partial charge in [0.1, 0.15) is 18.7 Å². The van der Waals surface area contributed by atoms with Crippen molar-refractivity contribution in [3.63, 3.8) is 0 Å². The Kier molecular flexibility index (Phi) is 6.74. The van der Waals surface area contributed by atoms with Gasteiger partial charge in [-0.05, 0) is 40.4 Å². The first-order chi connectivity index (χ1) is 14.6. The van der Waals surface area contributed by atoms with Crippen LogP contribution in [0.5, 0.6) is 5.75 Å². The molecule has 1 aromatic rings. The zero-order chi connectivity index (χ0) is 20.9. The Balaban J connectivity index is 1.21. The van der Waals surface area contributed by atoms with E-state index in [2.05, 4.69) is 37.9 Å². The predicted molar refractivity (Wildman–Crippen MR) is 112 cm³/mol. The van der Waals surface area contributed by atoms with E-state index in [1.165, 1.54) is 6.07 Å². The van der Waals surface area contributed by atoms with E-state index < -0.39 is 11.6 Å². The van der Waals surface area contributed by atoms with Crippen LogP contribution in [0.15, 0.2) is 64.6 Å². The topological polar surface area (TPSA) is 34.2 Å². The maximum atomic E-state index is 13.8. The third-order valence-electron chi connectivity index (χ3n) is 5.20. The molecule has 0 spiro atoms. The van der Waals surface area contributed by atoms with Crippen LogP contribution in [-0.2, 0) is 9.47 Å². The van der Waals surface area contributed by atoms with Crippen LogP contribution in [0.1, 0.15) is 12.8 Å². The Bertz CT molecular complexity index is 883. The summed E-state index contributed by atoms with van der Waals surface area (Å²) < 4.78 is 44.4. The summed E-state index contributed by atoms with van der Waals surface area (Å²) in [5.74, 6) is 0.164. The molecule has 1 aromatic carbocycles. The number of hydrogen-bond donors (Lipinski definition) is 0. The quantitative estimate of drug-likeness (QED) is 0.590. The van der Waals surface area contributed by atoms with Gasteiger partial charge in [-0.3, -0.25) is 4.90 Å². The van der Waals surface area contributed by atoms with Gasteiger partial charge in [0.2, 0.25) is 5.88 Å². The molecule has 0 aromatic heterocycles. The molecular weight excluding hydrogens is 458 g/mol. The summed E-state index contributed by atoms with van der Waals surface area (Å²) in [6.07, 6.45) is 11.5. The molecule has 0 saturated carbocycles. The molecule has 0 amide bonds. The molecule has 5 nitrogen and oxygen atoms in total. The van der Waals surface area contributed by atoms with Gasteiger partial charge < -0.3 is 19.1 Å². The lowest BCUT2D eigenvalue weighted by Crippen LogP contribution is -2.47. The SMILES string of the molecule is Fc1cc(F)c(OCCN2CCN(C3=COC(C4=CC=CCC4)=CO3)CC2)c(Br)c1. The molecule has 8 heteroatoms. The highest BCUT2D eigenvalue weighted by atomic mass is 79.9. The predicted octanol–water partition coefficient (Wildman–Crippen LogP) is 4.69. The molecule has 4 rings (SSSR count). The Morgan fingerprint density at radius 1 is 1.07 bits per heavy atom. The summed E-state index contributed by atoms with van der Waals surface area (Å²) in [5.41, 5.74) is 1.14. The normalized spacial score (nSPS) is 19.4. The van der Waals surface area contributed by atoms with Crippen molar-refractivity contribution >= 4 is 15.9 Å². The fraction of sp³-hybridized carbons (Fsp3) is 0.364. The number of allylic oxidation sites excluding steroid dienone is 4. The van der Waals surface area contributed by atoms with Crippen molar-refractivity contribution in [2.75, 3.05) is 39.3 Å². The molecule has 0 N–H and O–H groups in total. The number of ether oxygens (including phenoxy) is 3. The van der Waals surface area contributed by atoms with E-state index in [9.17, 15) is 8.78 Å². The molecule has 2 aliphatic heterocycles. The van der Waals surface area contributed by atoms with Crippen molar-refractivity contribution in [1.82, 2.24) is 9.80 Å². The van der Waals surface area contributed by atoms with Gasteiger partial charge in [-0.15, -0.1) is 0 Å². The van der Waals surface area contributed by atoms with Crippen LogP contribution < -0.4 is 4.74 Å². The molecule has 3 aliphatic rings. The zero-order valence-corrected chi connectivity index (χ0v) is 18.0. The summed E-state index contributed by atoms with van der Waals surface area (Å²) in [5, 5.41) is 0. The molecule has 0 atom stereocenters. The average Bonchev–Trinajstić information content (AvgIpc) is 2.77. The fourth-order valence-electron chi connectivity index (χ4n) is 3.53. The van der Waals surface area contributed by atoms with Crippen molar-refractivity contribution in [2.24, 2.45) is 0 Å². The molecule has 1 fully saturated rings. The van der Waals surface area contributed by atoms with E-state index in [0.29, 0.717) is 19.0 Å². The maximum Gasteiger partial charge on any atom is 0.231 e. The molecule has 1 aliphatic carbocycles. The second-order valence-corrected chi connectivity index (χ2v) is 8.06. The molecule has 160 valence electrons. The van der Waals surface area contributed by atoms with E-state index >= 15 is 0 Å². The minimum atomic E-state index is -0.708. The second kappa shape index (κ2) is 9.66. The van der Waals surface area contributed by atoms with Crippen molar-refractivity contribution in [3.05, 3.63) is 76.2 Å². The number of nitrogens with zero attached hydrogens (tertiary/aromatic N) is 2. The third-order valence-corrected chi connectivity index (χ3v) is 5.79. The van der Waals surface area contributed by atoms with Crippen LogP contribution in [-0.4, -0.2) is 49.1 Å². The highest BCUT2D eigenvalue weighted by molar-refractivity contribution is 9.10. The fourth-order valence-corrected chi connectivity index (χ4v) is 4.05. The van der Waals surface area contributed by atoms with Crippen LogP contribution in [0.3, 0.4) is 0 Å². The highest BCUT2D eigenvalue weighted by Gasteiger charge is 2.23. The lowest BCUT2D eigenvalue weighted by Gasteiger charge is -2.36. The number of rotatable bonds is 6. The van der Waals surface area contributed by atoms with Gasteiger partial charge in [0.25, 0.3) is 0 Å². The molecule has 0 radical (unpaired) electrons. The molecule has 1 saturated heterocycles. The van der Waals surface area contributed by atoms with Crippen LogP contribution in [0.25, 0.3) is 0 Å². The van der Waals surface area contributed by atoms with Gasteiger partial charge in [0.05, 0.1) is 4.47 Å². The molecule has 0 unspecified atom stereocenters. The minimum Gasteiger partial charge on any atom is -0.488 e. The standard InChI is InChI=1S/C22H23BrF2N2O3/c23-18-12-17(24)13-19(25)22(18)28-11-10-26-6-8-27(9-7-26)21-15-29-20(14-30-21)16-4-2-1-3-5-16/h1-2,4,12-15H,3,5-11H2. The molecular formula is C22H23BrF2N2O3. The smallest absolute Gasteiger partial charge is 0.231 e. The Morgan fingerprint density at radius 3 is 2.57 bits per heavy atom. The van der Waals surface area contributed by atoms with Gasteiger partial charge in [-0.25, -0.2) is 8.78 Å². The van der Waals surface area contributed by atoms with Crippen LogP contribution in [0.2, 0.25) is 0 Å². The summed E-state index contributed by atoms with van der Waals surface area (Å²) in [6.45, 7) is 4.20. The number of piperazine rings is 1. The van der Waals surface area contributed by atoms with E-state index in [-0.39, 0.29) is 10.2 Å². The van der Waals surface area contributed by atoms with E-state index in [4.69, 9.17) is 14.2 Å². The summed E-state index contributed by atoms with van der Waals surface area (Å²) in [4.78, 5) is 4.37. The molecule has 2 heterocycles. The van der Waals surface area contributed by atoms with E-state index in [0.717, 1.165) is 56.4 Å². The Labute approximate surface area is 183 Å². The average molecular weight is 481 g/mol. The third kappa shape index (κ3) is 5.05. The van der Waals surface area contributed by atoms with Crippen molar-refractivity contribution < 1.29 is 23.0 Å². The van der Waals surface area contributed by atoms with Crippen molar-refractivity contribution in [2.45, 2.75) is 12.8 Å². The number of halogens is 3. The lowest BCUT2D eigenvalue weighted by molar-refractivity contribution is 0.0781. The second-order valence-electron chi connectivity index (χ2n) is 7.21. The van der Waals surface area contributed by atoms with Gasteiger partial charge in [0, 0.05) is 38.8 Å². The summed E-state index contributed by atoms with van der Waals surface area (Å²) >= 11 is 3.14. The van der Waals surface area contributed by atoms with Crippen LogP contribution in [0, 0.1) is 11.6 Å². The van der Waals surface area contributed by atoms with Gasteiger partial charge >= 0.3 is 0 Å². The van der Waals surface area contributed by atoms with Crippen LogP contribution >= 0.6 is 15.9 Å². The van der Waals surface area contributed by atoms with Gasteiger partial charge in [0.15, 0.2) is 23.6 Å². The minimum absolute atomic E-state index is 0.0408. The van der Waals surface area contributed by atoms with Crippen LogP contribution in [0.4, 0.5) is 8.78 Å². The molecule has 0 bridgehead atoms. The molecule has 30 heavy (non-hydrogen) atoms. The summed E-state index contributed by atoms with van der Waals surface area (Å²) in [6, 6.07) is 2.01. The Hall–Kier alpha value is -2.32. The first kappa shape index (κ1) is 20.9. The maximum absolute atomic E-state index is 13.8. The zero-order valence-electron chi connectivity index (χ0n) is 16.5. The first-order valence-electron chi connectivity index (χ1n) is 9.94. The largest absolute Gasteiger partial charge is 0.488 e. The van der Waals surface area contributed by atoms with Crippen molar-refractivity contribution in [3.8, 4) is 5.75 Å². The summed E-state index contributed by atoms with van der Waals surface area (Å²) in [7, 11) is 0. The van der Waals surface area contributed by atoms with E-state index in [1.807, 2.05) is 6.08 Å². The van der Waals surface area contributed by atoms with Gasteiger partial charge in [-0.2, -0.15) is 0 Å². The van der Waals surface area contributed by atoms with Gasteiger partial charge in [-0.1, -0.05) is 18.2 Å². The first-order valence-corrected chi connectivity index (χ1v) is 10.7. The lowest BCUT2D eigenvalue weighted by atomic mass is 10.0. The van der Waals surface area contributed by atoms with E-state index in [1.54, 1.807) is 12.5 Å².